The van der Waals surface area contributed by atoms with Gasteiger partial charge in [0.25, 0.3) is 5.56 Å². The molecule has 1 atom stereocenters. The van der Waals surface area contributed by atoms with Gasteiger partial charge in [-0.15, -0.1) is 11.3 Å². The molecule has 2 aromatic rings. The summed E-state index contributed by atoms with van der Waals surface area (Å²) in [7, 11) is 0. The number of amides is 1. The Balaban J connectivity index is 1.39. The van der Waals surface area contributed by atoms with Crippen LogP contribution in [-0.4, -0.2) is 27.7 Å². The number of thiophene rings is 1. The van der Waals surface area contributed by atoms with Crippen molar-refractivity contribution in [3.8, 4) is 0 Å². The van der Waals surface area contributed by atoms with Crippen molar-refractivity contribution < 1.29 is 4.79 Å². The number of H-pyrrole nitrogens is 1. The molecule has 7 heteroatoms. The molecule has 2 aliphatic carbocycles. The van der Waals surface area contributed by atoms with Gasteiger partial charge in [0.05, 0.1) is 10.6 Å². The van der Waals surface area contributed by atoms with Crippen molar-refractivity contribution in [2.24, 2.45) is 0 Å². The molecule has 0 unspecified atom stereocenters. The first-order chi connectivity index (χ1) is 13.6. The number of rotatable bonds is 6. The molecule has 4 rings (SSSR count). The number of allylic oxidation sites excluding steroid dienone is 1. The van der Waals surface area contributed by atoms with E-state index in [-0.39, 0.29) is 16.7 Å². The number of hydrogen-bond acceptors (Lipinski definition) is 5. The lowest BCUT2D eigenvalue weighted by molar-refractivity contribution is -0.120. The van der Waals surface area contributed by atoms with Crippen LogP contribution in [-0.2, 0) is 17.6 Å². The smallest absolute Gasteiger partial charge is 0.260 e. The molecule has 2 aromatic heterocycles. The average molecular weight is 418 g/mol. The molecule has 2 heterocycles. The number of carbonyl (C=O) groups is 1. The molecule has 0 aromatic carbocycles. The van der Waals surface area contributed by atoms with E-state index in [2.05, 4.69) is 21.4 Å². The minimum absolute atomic E-state index is 0.00497. The lowest BCUT2D eigenvalue weighted by atomic mass is 9.97. The first kappa shape index (κ1) is 19.7. The number of aromatic nitrogens is 2. The van der Waals surface area contributed by atoms with E-state index < -0.39 is 0 Å². The third kappa shape index (κ3) is 4.35. The van der Waals surface area contributed by atoms with Crippen molar-refractivity contribution >= 4 is 39.2 Å². The Hall–Kier alpha value is -1.60. The summed E-state index contributed by atoms with van der Waals surface area (Å²) in [5.41, 5.74) is 2.59. The molecule has 0 aliphatic heterocycles. The molecule has 0 spiro atoms. The Labute approximate surface area is 173 Å². The van der Waals surface area contributed by atoms with Crippen LogP contribution in [0.1, 0.15) is 62.3 Å². The normalized spacial score (nSPS) is 17.8. The average Bonchev–Trinajstić information content (AvgIpc) is 3.07. The lowest BCUT2D eigenvalue weighted by Crippen LogP contribution is -2.32. The summed E-state index contributed by atoms with van der Waals surface area (Å²) in [5, 5.41) is 4.03. The number of aryl methyl sites for hydroxylation is 2. The van der Waals surface area contributed by atoms with Gasteiger partial charge in [0, 0.05) is 11.4 Å². The zero-order chi connectivity index (χ0) is 19.5. The Morgan fingerprint density at radius 3 is 2.93 bits per heavy atom. The molecule has 2 N–H and O–H groups in total. The van der Waals surface area contributed by atoms with Gasteiger partial charge in [0.2, 0.25) is 5.91 Å². The summed E-state index contributed by atoms with van der Waals surface area (Å²) < 4.78 is 0. The van der Waals surface area contributed by atoms with Crippen molar-refractivity contribution in [2.45, 2.75) is 75.1 Å². The van der Waals surface area contributed by atoms with E-state index in [1.165, 1.54) is 53.5 Å². The third-order valence-corrected chi connectivity index (χ3v) is 7.76. The van der Waals surface area contributed by atoms with Gasteiger partial charge in [0.1, 0.15) is 4.83 Å². The molecular formula is C21H27N3O2S2. The van der Waals surface area contributed by atoms with Crippen LogP contribution in [0.25, 0.3) is 10.2 Å². The fourth-order valence-electron chi connectivity index (χ4n) is 4.04. The molecule has 5 nitrogen and oxygen atoms in total. The fraction of sp³-hybridized carbons (Fsp3) is 0.571. The van der Waals surface area contributed by atoms with Gasteiger partial charge in [-0.1, -0.05) is 23.4 Å². The highest BCUT2D eigenvalue weighted by molar-refractivity contribution is 8.00. The van der Waals surface area contributed by atoms with Crippen molar-refractivity contribution in [2.75, 3.05) is 6.54 Å². The van der Waals surface area contributed by atoms with Gasteiger partial charge in [-0.05, 0) is 70.3 Å². The molecule has 0 saturated heterocycles. The van der Waals surface area contributed by atoms with E-state index >= 15 is 0 Å². The summed E-state index contributed by atoms with van der Waals surface area (Å²) >= 11 is 2.97. The van der Waals surface area contributed by atoms with E-state index in [0.717, 1.165) is 42.3 Å². The maximum absolute atomic E-state index is 12.6. The van der Waals surface area contributed by atoms with Crippen molar-refractivity contribution in [3.63, 3.8) is 0 Å². The van der Waals surface area contributed by atoms with Crippen LogP contribution in [0, 0.1) is 0 Å². The van der Waals surface area contributed by atoms with E-state index in [1.807, 2.05) is 6.92 Å². The maximum Gasteiger partial charge on any atom is 0.260 e. The number of aromatic amines is 1. The second-order valence-electron chi connectivity index (χ2n) is 7.67. The zero-order valence-electron chi connectivity index (χ0n) is 16.3. The molecule has 0 fully saturated rings. The predicted molar refractivity (Wildman–Crippen MR) is 116 cm³/mol. The second-order valence-corrected chi connectivity index (χ2v) is 10.1. The number of fused-ring (bicyclic) bond motifs is 3. The number of thioether (sulfide) groups is 1. The predicted octanol–water partition coefficient (Wildman–Crippen LogP) is 4.35. The molecule has 28 heavy (non-hydrogen) atoms. The van der Waals surface area contributed by atoms with Gasteiger partial charge >= 0.3 is 0 Å². The fourth-order valence-corrected chi connectivity index (χ4v) is 6.18. The first-order valence-electron chi connectivity index (χ1n) is 10.3. The topological polar surface area (TPSA) is 74.8 Å². The SMILES string of the molecule is C[C@@H](Sc1nc2sc3c(c2c(=O)[nH]1)CCCC3)C(=O)NCCC1=CCCCC1. The highest BCUT2D eigenvalue weighted by Crippen LogP contribution is 2.34. The van der Waals surface area contributed by atoms with E-state index in [1.54, 1.807) is 11.3 Å². The zero-order valence-corrected chi connectivity index (χ0v) is 17.9. The molecule has 1 amide bonds. The van der Waals surface area contributed by atoms with Crippen LogP contribution >= 0.6 is 23.1 Å². The van der Waals surface area contributed by atoms with Crippen LogP contribution in [0.15, 0.2) is 21.6 Å². The Morgan fingerprint density at radius 2 is 2.11 bits per heavy atom. The molecule has 0 bridgehead atoms. The van der Waals surface area contributed by atoms with E-state index in [0.29, 0.717) is 11.7 Å². The minimum atomic E-state index is -0.296. The number of nitrogens with zero attached hydrogens (tertiary/aromatic N) is 1. The van der Waals surface area contributed by atoms with E-state index in [9.17, 15) is 9.59 Å². The van der Waals surface area contributed by atoms with Crippen molar-refractivity contribution in [3.05, 3.63) is 32.4 Å². The first-order valence-corrected chi connectivity index (χ1v) is 12.0. The third-order valence-electron chi connectivity index (χ3n) is 5.59. The van der Waals surface area contributed by atoms with Gasteiger partial charge in [-0.25, -0.2) is 4.98 Å². The highest BCUT2D eigenvalue weighted by Gasteiger charge is 2.21. The van der Waals surface area contributed by atoms with Crippen molar-refractivity contribution in [1.82, 2.24) is 15.3 Å². The Kier molecular flexibility index (Phi) is 6.21. The Bertz CT molecular complexity index is 960. The standard InChI is InChI=1S/C21H27N3O2S2/c1-13(18(25)22-12-11-14-7-3-2-4-8-14)27-21-23-19(26)17-15-9-5-6-10-16(15)28-20(17)24-21/h7,13H,2-6,8-12H2,1H3,(H,22,25)(H,23,24,26)/t13-/m1/s1. The lowest BCUT2D eigenvalue weighted by Gasteiger charge is -2.14. The highest BCUT2D eigenvalue weighted by atomic mass is 32.2. The monoisotopic (exact) mass is 417 g/mol. The van der Waals surface area contributed by atoms with Crippen LogP contribution in [0.4, 0.5) is 0 Å². The molecule has 0 radical (unpaired) electrons. The molecule has 150 valence electrons. The van der Waals surface area contributed by atoms with E-state index in [4.69, 9.17) is 0 Å². The largest absolute Gasteiger partial charge is 0.355 e. The number of carbonyl (C=O) groups excluding carboxylic acids is 1. The van der Waals surface area contributed by atoms with Gasteiger partial charge < -0.3 is 10.3 Å². The van der Waals surface area contributed by atoms with Gasteiger partial charge in [0.15, 0.2) is 5.16 Å². The summed E-state index contributed by atoms with van der Waals surface area (Å²) in [4.78, 5) is 34.7. The maximum atomic E-state index is 12.6. The Morgan fingerprint density at radius 1 is 1.29 bits per heavy atom. The molecule has 2 aliphatic rings. The van der Waals surface area contributed by atoms with Crippen LogP contribution in [0.5, 0.6) is 0 Å². The second kappa shape index (κ2) is 8.82. The summed E-state index contributed by atoms with van der Waals surface area (Å²) in [5.74, 6) is -0.00497. The minimum Gasteiger partial charge on any atom is -0.355 e. The van der Waals surface area contributed by atoms with Crippen LogP contribution in [0.2, 0.25) is 0 Å². The van der Waals surface area contributed by atoms with Crippen LogP contribution in [0.3, 0.4) is 0 Å². The summed E-state index contributed by atoms with van der Waals surface area (Å²) in [6.45, 7) is 2.54. The quantitative estimate of drug-likeness (QED) is 0.416. The van der Waals surface area contributed by atoms with Gasteiger partial charge in [-0.3, -0.25) is 9.59 Å². The summed E-state index contributed by atoms with van der Waals surface area (Å²) in [6, 6.07) is 0. The van der Waals surface area contributed by atoms with Gasteiger partial charge in [-0.2, -0.15) is 0 Å². The van der Waals surface area contributed by atoms with Crippen molar-refractivity contribution in [1.29, 1.82) is 0 Å². The molecular weight excluding hydrogens is 390 g/mol. The molecule has 0 saturated carbocycles. The number of hydrogen-bond donors (Lipinski definition) is 2. The van der Waals surface area contributed by atoms with Crippen LogP contribution < -0.4 is 10.9 Å². The summed E-state index contributed by atoms with van der Waals surface area (Å²) in [6.07, 6.45) is 12.5. The number of nitrogens with one attached hydrogen (secondary N) is 2.